The van der Waals surface area contributed by atoms with E-state index in [0.717, 1.165) is 11.6 Å². The summed E-state index contributed by atoms with van der Waals surface area (Å²) in [7, 11) is 0. The fourth-order valence-corrected chi connectivity index (χ4v) is 1.73. The Kier molecular flexibility index (Phi) is 4.93. The molecule has 0 atom stereocenters. The zero-order chi connectivity index (χ0) is 15.9. The van der Waals surface area contributed by atoms with Crippen molar-refractivity contribution in [1.29, 1.82) is 0 Å². The number of carbonyl (C=O) groups excluding carboxylic acids is 1. The van der Waals surface area contributed by atoms with E-state index in [-0.39, 0.29) is 17.1 Å². The lowest BCUT2D eigenvalue weighted by atomic mass is 10.2. The molecule has 2 rings (SSSR count). The summed E-state index contributed by atoms with van der Waals surface area (Å²) in [5.41, 5.74) is 4.03. The molecule has 1 amide bonds. The molecule has 0 spiro atoms. The molecule has 5 nitrogen and oxygen atoms in total. The summed E-state index contributed by atoms with van der Waals surface area (Å²) >= 11 is 0. The molecule has 0 fully saturated rings. The molecular formula is C17H16N2O3. The fourth-order valence-electron chi connectivity index (χ4n) is 1.73. The van der Waals surface area contributed by atoms with Gasteiger partial charge in [-0.15, -0.1) is 0 Å². The average Bonchev–Trinajstić information content (AvgIpc) is 2.51. The number of benzene rings is 2. The van der Waals surface area contributed by atoms with Gasteiger partial charge in [0.2, 0.25) is 0 Å². The van der Waals surface area contributed by atoms with Crippen molar-refractivity contribution >= 4 is 17.7 Å². The van der Waals surface area contributed by atoms with Gasteiger partial charge in [0.05, 0.1) is 11.3 Å². The van der Waals surface area contributed by atoms with Crippen LogP contribution in [0.2, 0.25) is 0 Å². The summed E-state index contributed by atoms with van der Waals surface area (Å²) in [5, 5.41) is 22.7. The monoisotopic (exact) mass is 296 g/mol. The Hall–Kier alpha value is -3.08. The number of amides is 1. The Labute approximate surface area is 128 Å². The second-order valence-corrected chi connectivity index (χ2v) is 4.64. The van der Waals surface area contributed by atoms with Crippen LogP contribution in [0.4, 0.5) is 0 Å². The summed E-state index contributed by atoms with van der Waals surface area (Å²) in [5.74, 6) is -0.963. The van der Waals surface area contributed by atoms with Crippen LogP contribution < -0.4 is 5.43 Å². The molecule has 0 aromatic heterocycles. The van der Waals surface area contributed by atoms with Gasteiger partial charge in [0.15, 0.2) is 0 Å². The first-order valence-corrected chi connectivity index (χ1v) is 6.66. The molecule has 0 unspecified atom stereocenters. The molecule has 2 aromatic rings. The first kappa shape index (κ1) is 15.3. The quantitative estimate of drug-likeness (QED) is 0.599. The van der Waals surface area contributed by atoms with Crippen molar-refractivity contribution in [3.05, 3.63) is 65.7 Å². The van der Waals surface area contributed by atoms with Crippen molar-refractivity contribution in [2.24, 2.45) is 5.10 Å². The Morgan fingerprint density at radius 2 is 1.86 bits per heavy atom. The number of phenols is 2. The van der Waals surface area contributed by atoms with Crippen LogP contribution in [0.3, 0.4) is 0 Å². The SMILES string of the molecule is CC(/C=C/c1ccccc1)=N/NC(=O)c1ccc(O)cc1O. The van der Waals surface area contributed by atoms with E-state index in [1.165, 1.54) is 12.1 Å². The Balaban J connectivity index is 2.01. The molecule has 0 aliphatic carbocycles. The second-order valence-electron chi connectivity index (χ2n) is 4.64. The molecule has 22 heavy (non-hydrogen) atoms. The van der Waals surface area contributed by atoms with Gasteiger partial charge < -0.3 is 10.2 Å². The molecule has 0 aliphatic heterocycles. The van der Waals surface area contributed by atoms with Crippen molar-refractivity contribution in [3.63, 3.8) is 0 Å². The van der Waals surface area contributed by atoms with Crippen LogP contribution in [0.5, 0.6) is 11.5 Å². The summed E-state index contributed by atoms with van der Waals surface area (Å²) in [6.07, 6.45) is 3.65. The highest BCUT2D eigenvalue weighted by atomic mass is 16.3. The average molecular weight is 296 g/mol. The van der Waals surface area contributed by atoms with Crippen LogP contribution in [0.15, 0.2) is 59.7 Å². The van der Waals surface area contributed by atoms with Crippen molar-refractivity contribution in [3.8, 4) is 11.5 Å². The third-order valence-corrected chi connectivity index (χ3v) is 2.88. The number of nitrogens with one attached hydrogen (secondary N) is 1. The number of aromatic hydroxyl groups is 2. The fraction of sp³-hybridized carbons (Fsp3) is 0.0588. The molecule has 0 saturated heterocycles. The topological polar surface area (TPSA) is 81.9 Å². The molecule has 2 aromatic carbocycles. The third kappa shape index (κ3) is 4.21. The van der Waals surface area contributed by atoms with E-state index in [4.69, 9.17) is 0 Å². The number of rotatable bonds is 4. The molecule has 0 radical (unpaired) electrons. The molecule has 112 valence electrons. The standard InChI is InChI=1S/C17H16N2O3/c1-12(7-8-13-5-3-2-4-6-13)18-19-17(22)15-10-9-14(20)11-16(15)21/h2-11,20-21H,1H3,(H,19,22)/b8-7+,18-12-. The van der Waals surface area contributed by atoms with E-state index >= 15 is 0 Å². The lowest BCUT2D eigenvalue weighted by Crippen LogP contribution is -2.18. The van der Waals surface area contributed by atoms with Crippen LogP contribution in [0.25, 0.3) is 6.08 Å². The molecule has 0 saturated carbocycles. The summed E-state index contributed by atoms with van der Waals surface area (Å²) < 4.78 is 0. The van der Waals surface area contributed by atoms with Crippen molar-refractivity contribution in [1.82, 2.24) is 5.43 Å². The van der Waals surface area contributed by atoms with Gasteiger partial charge in [0.1, 0.15) is 11.5 Å². The van der Waals surface area contributed by atoms with Gasteiger partial charge in [0.25, 0.3) is 5.91 Å². The molecule has 3 N–H and O–H groups in total. The normalized spacial score (nSPS) is 11.6. The second kappa shape index (κ2) is 7.08. The van der Waals surface area contributed by atoms with Gasteiger partial charge in [-0.25, -0.2) is 5.43 Å². The van der Waals surface area contributed by atoms with E-state index in [9.17, 15) is 15.0 Å². The van der Waals surface area contributed by atoms with Gasteiger partial charge in [-0.3, -0.25) is 4.79 Å². The number of phenolic OH excluding ortho intramolecular Hbond substituents is 2. The van der Waals surface area contributed by atoms with Gasteiger partial charge in [0, 0.05) is 6.07 Å². The minimum atomic E-state index is -0.551. The number of hydrogen-bond acceptors (Lipinski definition) is 4. The Morgan fingerprint density at radius 3 is 2.55 bits per heavy atom. The summed E-state index contributed by atoms with van der Waals surface area (Å²) in [4.78, 5) is 11.9. The predicted molar refractivity (Wildman–Crippen MR) is 85.8 cm³/mol. The maximum absolute atomic E-state index is 11.9. The van der Waals surface area contributed by atoms with Crippen molar-refractivity contribution < 1.29 is 15.0 Å². The van der Waals surface area contributed by atoms with Crippen LogP contribution in [0, 0.1) is 0 Å². The van der Waals surface area contributed by atoms with Crippen LogP contribution in [0.1, 0.15) is 22.8 Å². The van der Waals surface area contributed by atoms with Crippen LogP contribution in [-0.2, 0) is 0 Å². The smallest absolute Gasteiger partial charge is 0.275 e. The molecule has 0 bridgehead atoms. The third-order valence-electron chi connectivity index (χ3n) is 2.88. The van der Waals surface area contributed by atoms with Gasteiger partial charge in [-0.2, -0.15) is 5.10 Å². The first-order chi connectivity index (χ1) is 10.6. The van der Waals surface area contributed by atoms with Crippen LogP contribution >= 0.6 is 0 Å². The van der Waals surface area contributed by atoms with Gasteiger partial charge >= 0.3 is 0 Å². The minimum absolute atomic E-state index is 0.0430. The summed E-state index contributed by atoms with van der Waals surface area (Å²) in [6.45, 7) is 1.75. The van der Waals surface area contributed by atoms with Gasteiger partial charge in [-0.05, 0) is 30.7 Å². The molecule has 5 heteroatoms. The number of hydrogen-bond donors (Lipinski definition) is 3. The zero-order valence-electron chi connectivity index (χ0n) is 12.0. The highest BCUT2D eigenvalue weighted by Crippen LogP contribution is 2.22. The Bertz CT molecular complexity index is 722. The van der Waals surface area contributed by atoms with E-state index in [1.807, 2.05) is 36.4 Å². The minimum Gasteiger partial charge on any atom is -0.508 e. The number of carbonyl (C=O) groups is 1. The van der Waals surface area contributed by atoms with Crippen LogP contribution in [-0.4, -0.2) is 21.8 Å². The zero-order valence-corrected chi connectivity index (χ0v) is 12.0. The van der Waals surface area contributed by atoms with E-state index in [1.54, 1.807) is 13.0 Å². The maximum atomic E-state index is 11.9. The van der Waals surface area contributed by atoms with Gasteiger partial charge in [-0.1, -0.05) is 36.4 Å². The first-order valence-electron chi connectivity index (χ1n) is 6.66. The van der Waals surface area contributed by atoms with Crippen molar-refractivity contribution in [2.75, 3.05) is 0 Å². The largest absolute Gasteiger partial charge is 0.508 e. The Morgan fingerprint density at radius 1 is 1.14 bits per heavy atom. The van der Waals surface area contributed by atoms with E-state index in [2.05, 4.69) is 10.5 Å². The highest BCUT2D eigenvalue weighted by molar-refractivity contribution is 6.00. The predicted octanol–water partition coefficient (Wildman–Crippen LogP) is 2.92. The molecule has 0 aliphatic rings. The number of hydrazone groups is 1. The lowest BCUT2D eigenvalue weighted by molar-refractivity contribution is 0.0952. The number of allylic oxidation sites excluding steroid dienone is 1. The number of nitrogens with zero attached hydrogens (tertiary/aromatic N) is 1. The highest BCUT2D eigenvalue weighted by Gasteiger charge is 2.10. The van der Waals surface area contributed by atoms with E-state index in [0.29, 0.717) is 5.71 Å². The lowest BCUT2D eigenvalue weighted by Gasteiger charge is -2.03. The molecular weight excluding hydrogens is 280 g/mol. The summed E-state index contributed by atoms with van der Waals surface area (Å²) in [6, 6.07) is 13.4. The van der Waals surface area contributed by atoms with E-state index < -0.39 is 5.91 Å². The van der Waals surface area contributed by atoms with Crippen molar-refractivity contribution in [2.45, 2.75) is 6.92 Å². The molecule has 0 heterocycles. The maximum Gasteiger partial charge on any atom is 0.275 e.